The lowest BCUT2D eigenvalue weighted by Crippen LogP contribution is -2.14. The van der Waals surface area contributed by atoms with Crippen LogP contribution in [-0.2, 0) is 5.60 Å². The third-order valence-corrected chi connectivity index (χ3v) is 3.48. The van der Waals surface area contributed by atoms with E-state index in [9.17, 15) is 5.11 Å². The van der Waals surface area contributed by atoms with E-state index in [4.69, 9.17) is 0 Å². The van der Waals surface area contributed by atoms with Crippen molar-refractivity contribution in [3.8, 4) is 0 Å². The van der Waals surface area contributed by atoms with Crippen LogP contribution < -0.4 is 0 Å². The molecule has 0 amide bonds. The third-order valence-electron chi connectivity index (χ3n) is 2.14. The highest BCUT2D eigenvalue weighted by Gasteiger charge is 2.21. The van der Waals surface area contributed by atoms with Gasteiger partial charge < -0.3 is 5.11 Å². The SMILES string of the molecule is Cc1cccc2sc(C(C)(C)O)nc12. The van der Waals surface area contributed by atoms with Crippen LogP contribution in [0, 0.1) is 6.92 Å². The minimum atomic E-state index is -0.837. The molecule has 1 heterocycles. The summed E-state index contributed by atoms with van der Waals surface area (Å²) in [4.78, 5) is 4.45. The Balaban J connectivity index is 2.69. The first-order valence-electron chi connectivity index (χ1n) is 4.57. The van der Waals surface area contributed by atoms with E-state index in [-0.39, 0.29) is 0 Å². The summed E-state index contributed by atoms with van der Waals surface area (Å²) in [6, 6.07) is 6.09. The van der Waals surface area contributed by atoms with Crippen LogP contribution >= 0.6 is 11.3 Å². The van der Waals surface area contributed by atoms with Gasteiger partial charge in [-0.15, -0.1) is 11.3 Å². The molecule has 2 aromatic rings. The molecule has 1 aromatic carbocycles. The molecule has 0 radical (unpaired) electrons. The number of aromatic nitrogens is 1. The summed E-state index contributed by atoms with van der Waals surface area (Å²) in [5.41, 5.74) is 1.33. The van der Waals surface area contributed by atoms with Gasteiger partial charge in [-0.1, -0.05) is 12.1 Å². The lowest BCUT2D eigenvalue weighted by Gasteiger charge is -2.12. The van der Waals surface area contributed by atoms with Crippen molar-refractivity contribution < 1.29 is 5.11 Å². The van der Waals surface area contributed by atoms with Crippen LogP contribution in [0.15, 0.2) is 18.2 Å². The van der Waals surface area contributed by atoms with Gasteiger partial charge in [0.1, 0.15) is 10.6 Å². The summed E-state index contributed by atoms with van der Waals surface area (Å²) in [7, 11) is 0. The van der Waals surface area contributed by atoms with Crippen LogP contribution in [0.3, 0.4) is 0 Å². The normalized spacial score (nSPS) is 12.3. The van der Waals surface area contributed by atoms with Crippen LogP contribution in [0.5, 0.6) is 0 Å². The second-order valence-electron chi connectivity index (χ2n) is 4.00. The fourth-order valence-electron chi connectivity index (χ4n) is 1.35. The molecule has 14 heavy (non-hydrogen) atoms. The van der Waals surface area contributed by atoms with Crippen molar-refractivity contribution in [2.45, 2.75) is 26.4 Å². The van der Waals surface area contributed by atoms with E-state index < -0.39 is 5.60 Å². The highest BCUT2D eigenvalue weighted by atomic mass is 32.1. The first-order valence-corrected chi connectivity index (χ1v) is 5.39. The molecule has 0 saturated carbocycles. The largest absolute Gasteiger partial charge is 0.383 e. The fraction of sp³-hybridized carbons (Fsp3) is 0.364. The van der Waals surface area contributed by atoms with Crippen LogP contribution in [0.25, 0.3) is 10.2 Å². The number of fused-ring (bicyclic) bond motifs is 1. The molecule has 0 unspecified atom stereocenters. The van der Waals surface area contributed by atoms with Gasteiger partial charge in [-0.3, -0.25) is 0 Å². The van der Waals surface area contributed by atoms with Gasteiger partial charge >= 0.3 is 0 Å². The summed E-state index contributed by atoms with van der Waals surface area (Å²) >= 11 is 1.56. The van der Waals surface area contributed by atoms with Crippen LogP contribution in [0.1, 0.15) is 24.4 Å². The Kier molecular flexibility index (Phi) is 2.09. The average Bonchev–Trinajstić information content (AvgIpc) is 2.48. The fourth-order valence-corrected chi connectivity index (χ4v) is 2.39. The smallest absolute Gasteiger partial charge is 0.125 e. The zero-order valence-electron chi connectivity index (χ0n) is 8.53. The second-order valence-corrected chi connectivity index (χ2v) is 5.03. The van der Waals surface area contributed by atoms with Crippen LogP contribution in [-0.4, -0.2) is 10.1 Å². The maximum absolute atomic E-state index is 9.83. The molecule has 0 aliphatic carbocycles. The Bertz CT molecular complexity index is 468. The summed E-state index contributed by atoms with van der Waals surface area (Å²) in [6.07, 6.45) is 0. The summed E-state index contributed by atoms with van der Waals surface area (Å²) in [5, 5.41) is 10.6. The van der Waals surface area contributed by atoms with E-state index in [2.05, 4.69) is 4.98 Å². The van der Waals surface area contributed by atoms with Crippen molar-refractivity contribution in [1.82, 2.24) is 4.98 Å². The monoisotopic (exact) mass is 207 g/mol. The molecule has 0 atom stereocenters. The number of nitrogens with zero attached hydrogens (tertiary/aromatic N) is 1. The molecule has 3 heteroatoms. The Morgan fingerprint density at radius 2 is 2.07 bits per heavy atom. The van der Waals surface area contributed by atoms with Gasteiger partial charge in [0.15, 0.2) is 0 Å². The van der Waals surface area contributed by atoms with Gasteiger partial charge in [0.05, 0.1) is 10.2 Å². The van der Waals surface area contributed by atoms with E-state index in [1.807, 2.05) is 25.1 Å². The molecule has 0 saturated heterocycles. The molecular weight excluding hydrogens is 194 g/mol. The molecule has 0 bridgehead atoms. The van der Waals surface area contributed by atoms with Gasteiger partial charge in [0.25, 0.3) is 0 Å². The molecule has 0 aliphatic rings. The lowest BCUT2D eigenvalue weighted by molar-refractivity contribution is 0.0785. The number of hydrogen-bond acceptors (Lipinski definition) is 3. The first-order chi connectivity index (χ1) is 6.48. The van der Waals surface area contributed by atoms with Crippen molar-refractivity contribution in [3.63, 3.8) is 0 Å². The number of benzene rings is 1. The highest BCUT2D eigenvalue weighted by molar-refractivity contribution is 7.18. The number of rotatable bonds is 1. The topological polar surface area (TPSA) is 33.1 Å². The first kappa shape index (κ1) is 9.62. The minimum Gasteiger partial charge on any atom is -0.383 e. The van der Waals surface area contributed by atoms with Crippen LogP contribution in [0.2, 0.25) is 0 Å². The number of para-hydroxylation sites is 1. The molecule has 0 fully saturated rings. The van der Waals surface area contributed by atoms with Crippen molar-refractivity contribution in [2.75, 3.05) is 0 Å². The molecule has 2 rings (SSSR count). The Labute approximate surface area is 87.2 Å². The van der Waals surface area contributed by atoms with Crippen molar-refractivity contribution >= 4 is 21.6 Å². The summed E-state index contributed by atoms with van der Waals surface area (Å²) in [6.45, 7) is 5.57. The van der Waals surface area contributed by atoms with Gasteiger partial charge in [-0.05, 0) is 32.4 Å². The summed E-state index contributed by atoms with van der Waals surface area (Å²) < 4.78 is 1.14. The quantitative estimate of drug-likeness (QED) is 0.780. The Hall–Kier alpha value is -0.930. The number of thiazole rings is 1. The standard InChI is InChI=1S/C11H13NOS/c1-7-5-4-6-8-9(7)12-10(14-8)11(2,3)13/h4-6,13H,1-3H3. The van der Waals surface area contributed by atoms with E-state index >= 15 is 0 Å². The van der Waals surface area contributed by atoms with E-state index in [0.717, 1.165) is 20.8 Å². The minimum absolute atomic E-state index is 0.779. The Morgan fingerprint density at radius 1 is 1.36 bits per heavy atom. The predicted molar refractivity (Wildman–Crippen MR) is 59.6 cm³/mol. The lowest BCUT2D eigenvalue weighted by atomic mass is 10.1. The molecule has 0 spiro atoms. The molecule has 1 N–H and O–H groups in total. The van der Waals surface area contributed by atoms with Crippen molar-refractivity contribution in [3.05, 3.63) is 28.8 Å². The maximum atomic E-state index is 9.83. The van der Waals surface area contributed by atoms with Gasteiger partial charge in [-0.2, -0.15) is 0 Å². The van der Waals surface area contributed by atoms with Crippen molar-refractivity contribution in [1.29, 1.82) is 0 Å². The van der Waals surface area contributed by atoms with E-state index in [1.54, 1.807) is 25.2 Å². The second kappa shape index (κ2) is 3.04. The van der Waals surface area contributed by atoms with E-state index in [0.29, 0.717) is 0 Å². The van der Waals surface area contributed by atoms with Crippen molar-refractivity contribution in [2.24, 2.45) is 0 Å². The number of aliphatic hydroxyl groups is 1. The molecular formula is C11H13NOS. The van der Waals surface area contributed by atoms with Gasteiger partial charge in [-0.25, -0.2) is 4.98 Å². The van der Waals surface area contributed by atoms with Crippen LogP contribution in [0.4, 0.5) is 0 Å². The Morgan fingerprint density at radius 3 is 2.64 bits per heavy atom. The molecule has 2 nitrogen and oxygen atoms in total. The average molecular weight is 207 g/mol. The van der Waals surface area contributed by atoms with Gasteiger partial charge in [0, 0.05) is 0 Å². The molecule has 0 aliphatic heterocycles. The van der Waals surface area contributed by atoms with Gasteiger partial charge in [0.2, 0.25) is 0 Å². The third kappa shape index (κ3) is 1.53. The van der Waals surface area contributed by atoms with E-state index in [1.165, 1.54) is 0 Å². The number of aryl methyl sites for hydroxylation is 1. The summed E-state index contributed by atoms with van der Waals surface area (Å²) in [5.74, 6) is 0. The molecule has 1 aromatic heterocycles. The molecule has 74 valence electrons. The maximum Gasteiger partial charge on any atom is 0.125 e. The number of hydrogen-bond donors (Lipinski definition) is 1. The zero-order chi connectivity index (χ0) is 10.3. The predicted octanol–water partition coefficient (Wildman–Crippen LogP) is 2.83. The highest BCUT2D eigenvalue weighted by Crippen LogP contribution is 2.30. The zero-order valence-corrected chi connectivity index (χ0v) is 9.35.